The van der Waals surface area contributed by atoms with Crippen LogP contribution in [-0.4, -0.2) is 12.5 Å². The Morgan fingerprint density at radius 1 is 0.765 bits per heavy atom. The van der Waals surface area contributed by atoms with Crippen molar-refractivity contribution in [3.63, 3.8) is 0 Å². The van der Waals surface area contributed by atoms with Crippen LogP contribution in [0.25, 0.3) is 0 Å². The lowest BCUT2D eigenvalue weighted by Gasteiger charge is -2.20. The highest BCUT2D eigenvalue weighted by atomic mass is 16.5. The van der Waals surface area contributed by atoms with Crippen LogP contribution >= 0.6 is 0 Å². The molecule has 1 N–H and O–H groups in total. The normalized spacial score (nSPS) is 10.8. The fraction of sp³-hybridized carbons (Fsp3) is 0.167. The molecular weight excluding hydrogens is 422 g/mol. The van der Waals surface area contributed by atoms with Gasteiger partial charge in [0.25, 0.3) is 5.91 Å². The second-order valence-electron chi connectivity index (χ2n) is 7.96. The van der Waals surface area contributed by atoms with E-state index < -0.39 is 0 Å². The number of nitrogens with one attached hydrogen (secondary N) is 1. The first-order valence-corrected chi connectivity index (χ1v) is 11.5. The van der Waals surface area contributed by atoms with Crippen LogP contribution in [-0.2, 0) is 18.0 Å². The molecule has 4 aromatic rings. The Balaban J connectivity index is 1.53. The molecule has 0 aromatic heterocycles. The largest absolute Gasteiger partial charge is 0.494 e. The number of rotatable bonds is 10. The number of carbonyl (C=O) groups excluding carboxylic acids is 1. The number of amides is 1. The summed E-state index contributed by atoms with van der Waals surface area (Å²) in [6.07, 6.45) is 0. The van der Waals surface area contributed by atoms with E-state index in [0.717, 1.165) is 28.0 Å². The van der Waals surface area contributed by atoms with Gasteiger partial charge in [-0.1, -0.05) is 91.0 Å². The van der Waals surface area contributed by atoms with Gasteiger partial charge in [0.15, 0.2) is 0 Å². The lowest BCUT2D eigenvalue weighted by molar-refractivity contribution is 0.0940. The third kappa shape index (κ3) is 6.12. The number of carbonyl (C=O) groups is 1. The van der Waals surface area contributed by atoms with Gasteiger partial charge in [0.1, 0.15) is 5.75 Å². The molecule has 4 nitrogen and oxygen atoms in total. The number of ether oxygens (including phenoxy) is 2. The molecule has 0 bridgehead atoms. The van der Waals surface area contributed by atoms with E-state index in [2.05, 4.69) is 5.32 Å². The molecule has 0 aliphatic rings. The Morgan fingerprint density at radius 3 is 1.94 bits per heavy atom. The summed E-state index contributed by atoms with van der Waals surface area (Å²) in [5.74, 6) is 0.583. The van der Waals surface area contributed by atoms with Crippen molar-refractivity contribution < 1.29 is 14.3 Å². The molecule has 0 fully saturated rings. The van der Waals surface area contributed by atoms with Gasteiger partial charge < -0.3 is 14.8 Å². The molecule has 4 heteroatoms. The van der Waals surface area contributed by atoms with E-state index in [1.807, 2.05) is 110 Å². The zero-order chi connectivity index (χ0) is 23.6. The minimum absolute atomic E-state index is 0.148. The van der Waals surface area contributed by atoms with Crippen LogP contribution in [0.1, 0.15) is 45.6 Å². The molecule has 0 atom stereocenters. The first kappa shape index (κ1) is 23.3. The Kier molecular flexibility index (Phi) is 8.09. The van der Waals surface area contributed by atoms with Crippen molar-refractivity contribution in [2.75, 3.05) is 6.61 Å². The zero-order valence-corrected chi connectivity index (χ0v) is 19.3. The molecule has 0 saturated carbocycles. The minimum atomic E-state index is -0.251. The molecular formula is C30H29NO3. The van der Waals surface area contributed by atoms with Crippen LogP contribution in [0.2, 0.25) is 0 Å². The molecule has 1 amide bonds. The fourth-order valence-corrected chi connectivity index (χ4v) is 3.85. The number of hydrogen-bond acceptors (Lipinski definition) is 3. The van der Waals surface area contributed by atoms with Gasteiger partial charge in [0.05, 0.1) is 25.9 Å². The second-order valence-corrected chi connectivity index (χ2v) is 7.96. The van der Waals surface area contributed by atoms with Crippen molar-refractivity contribution in [1.82, 2.24) is 5.32 Å². The quantitative estimate of drug-likeness (QED) is 0.307. The van der Waals surface area contributed by atoms with Crippen LogP contribution in [0.5, 0.6) is 5.75 Å². The van der Waals surface area contributed by atoms with Crippen molar-refractivity contribution in [2.24, 2.45) is 0 Å². The van der Waals surface area contributed by atoms with Crippen molar-refractivity contribution in [3.05, 3.63) is 137 Å². The first-order valence-electron chi connectivity index (χ1n) is 11.5. The van der Waals surface area contributed by atoms with Gasteiger partial charge in [0, 0.05) is 11.1 Å². The molecule has 34 heavy (non-hydrogen) atoms. The van der Waals surface area contributed by atoms with Crippen molar-refractivity contribution >= 4 is 5.91 Å². The fourth-order valence-electron chi connectivity index (χ4n) is 3.85. The lowest BCUT2D eigenvalue weighted by atomic mass is 9.98. The molecule has 4 aromatic carbocycles. The maximum absolute atomic E-state index is 13.3. The van der Waals surface area contributed by atoms with Gasteiger partial charge >= 0.3 is 0 Å². The second kappa shape index (κ2) is 11.8. The van der Waals surface area contributed by atoms with E-state index in [1.165, 1.54) is 0 Å². The van der Waals surface area contributed by atoms with E-state index in [9.17, 15) is 4.79 Å². The summed E-state index contributed by atoms with van der Waals surface area (Å²) in [5.41, 5.74) is 4.57. The Hall–Kier alpha value is -3.89. The summed E-state index contributed by atoms with van der Waals surface area (Å²) < 4.78 is 11.7. The first-order chi connectivity index (χ1) is 16.7. The van der Waals surface area contributed by atoms with E-state index in [1.54, 1.807) is 6.07 Å². The predicted octanol–water partition coefficient (Wildman–Crippen LogP) is 6.32. The lowest BCUT2D eigenvalue weighted by Crippen LogP contribution is -2.29. The third-order valence-corrected chi connectivity index (χ3v) is 5.53. The summed E-state index contributed by atoms with van der Waals surface area (Å²) >= 11 is 0. The molecule has 172 valence electrons. The Bertz CT molecular complexity index is 1140. The Labute approximate surface area is 201 Å². The van der Waals surface area contributed by atoms with Gasteiger partial charge in [-0.15, -0.1) is 0 Å². The van der Waals surface area contributed by atoms with E-state index >= 15 is 0 Å². The highest BCUT2D eigenvalue weighted by Crippen LogP contribution is 2.25. The van der Waals surface area contributed by atoms with Crippen molar-refractivity contribution in [1.29, 1.82) is 0 Å². The predicted molar refractivity (Wildman–Crippen MR) is 135 cm³/mol. The molecule has 0 aliphatic heterocycles. The number of benzene rings is 4. The summed E-state index contributed by atoms with van der Waals surface area (Å²) in [6.45, 7) is 3.33. The van der Waals surface area contributed by atoms with E-state index in [-0.39, 0.29) is 11.9 Å². The molecule has 0 spiro atoms. The topological polar surface area (TPSA) is 47.6 Å². The summed E-state index contributed by atoms with van der Waals surface area (Å²) in [4.78, 5) is 13.3. The summed E-state index contributed by atoms with van der Waals surface area (Å²) in [5, 5.41) is 3.21. The van der Waals surface area contributed by atoms with E-state index in [4.69, 9.17) is 9.47 Å². The van der Waals surface area contributed by atoms with Crippen LogP contribution in [0.15, 0.2) is 109 Å². The highest BCUT2D eigenvalue weighted by Gasteiger charge is 2.19. The van der Waals surface area contributed by atoms with Crippen LogP contribution in [0.3, 0.4) is 0 Å². The van der Waals surface area contributed by atoms with Gasteiger partial charge in [0.2, 0.25) is 0 Å². The molecule has 0 radical (unpaired) electrons. The van der Waals surface area contributed by atoms with Crippen LogP contribution in [0.4, 0.5) is 0 Å². The Morgan fingerprint density at radius 2 is 1.35 bits per heavy atom. The summed E-state index contributed by atoms with van der Waals surface area (Å²) in [6, 6.07) is 35.3. The highest BCUT2D eigenvalue weighted by molar-refractivity contribution is 5.95. The zero-order valence-electron chi connectivity index (χ0n) is 19.3. The third-order valence-electron chi connectivity index (χ3n) is 5.53. The van der Waals surface area contributed by atoms with Crippen molar-refractivity contribution in [2.45, 2.75) is 26.2 Å². The summed E-state index contributed by atoms with van der Waals surface area (Å²) in [7, 11) is 0. The SMILES string of the molecule is CCOc1ccc(C(=O)NC(c2ccccc2)c2ccccc2)cc1COCc1ccccc1. The molecule has 0 heterocycles. The van der Waals surface area contributed by atoms with Gasteiger partial charge in [-0.3, -0.25) is 4.79 Å². The van der Waals surface area contributed by atoms with Gasteiger partial charge in [-0.05, 0) is 41.8 Å². The maximum Gasteiger partial charge on any atom is 0.252 e. The molecule has 4 rings (SSSR count). The average molecular weight is 452 g/mol. The van der Waals surface area contributed by atoms with E-state index in [0.29, 0.717) is 25.4 Å². The minimum Gasteiger partial charge on any atom is -0.494 e. The van der Waals surface area contributed by atoms with Crippen molar-refractivity contribution in [3.8, 4) is 5.75 Å². The number of hydrogen-bond donors (Lipinski definition) is 1. The standard InChI is InChI=1S/C30H29NO3/c1-2-34-28-19-18-26(20-27(28)22-33-21-23-12-6-3-7-13-23)30(32)31-29(24-14-8-4-9-15-24)25-16-10-5-11-17-25/h3-20,29H,2,21-22H2,1H3,(H,31,32). The van der Waals surface area contributed by atoms with Crippen LogP contribution in [0, 0.1) is 0 Å². The average Bonchev–Trinajstić information content (AvgIpc) is 2.90. The monoisotopic (exact) mass is 451 g/mol. The maximum atomic E-state index is 13.3. The van der Waals surface area contributed by atoms with Gasteiger partial charge in [-0.25, -0.2) is 0 Å². The van der Waals surface area contributed by atoms with Gasteiger partial charge in [-0.2, -0.15) is 0 Å². The van der Waals surface area contributed by atoms with Crippen LogP contribution < -0.4 is 10.1 Å². The molecule has 0 aliphatic carbocycles. The smallest absolute Gasteiger partial charge is 0.252 e. The molecule has 0 saturated heterocycles. The molecule has 0 unspecified atom stereocenters.